The van der Waals surface area contributed by atoms with E-state index in [0.29, 0.717) is 0 Å². The Morgan fingerprint density at radius 3 is 2.89 bits per heavy atom. The second-order valence-electron chi connectivity index (χ2n) is 4.26. The highest BCUT2D eigenvalue weighted by atomic mass is 19.1. The summed E-state index contributed by atoms with van der Waals surface area (Å²) in [6.07, 6.45) is -2.36. The Labute approximate surface area is 105 Å². The number of aromatic nitrogens is 4. The molecule has 0 spiro atoms. The number of rotatable bonds is 2. The van der Waals surface area contributed by atoms with E-state index in [1.165, 1.54) is 17.2 Å². The number of aliphatic hydroxyl groups is 2. The SMILES string of the molecule is O=c1[nH]cnc2c1ncn2[C@H]1O[C@@H](CF)[C@@H](O)[C@@H]1O. The Hall–Kier alpha value is -1.84. The predicted molar refractivity (Wildman–Crippen MR) is 60.0 cm³/mol. The van der Waals surface area contributed by atoms with E-state index in [-0.39, 0.29) is 11.2 Å². The van der Waals surface area contributed by atoms with Crippen molar-refractivity contribution in [3.63, 3.8) is 0 Å². The Morgan fingerprint density at radius 2 is 2.21 bits per heavy atom. The molecular weight excluding hydrogens is 259 g/mol. The summed E-state index contributed by atoms with van der Waals surface area (Å²) in [5.74, 6) is 0. The second kappa shape index (κ2) is 4.37. The molecule has 4 atom stereocenters. The summed E-state index contributed by atoms with van der Waals surface area (Å²) in [5.41, 5.74) is -0.158. The molecule has 19 heavy (non-hydrogen) atoms. The summed E-state index contributed by atoms with van der Waals surface area (Å²) in [5, 5.41) is 19.5. The third-order valence-electron chi connectivity index (χ3n) is 3.13. The molecule has 1 fully saturated rings. The fourth-order valence-electron chi connectivity index (χ4n) is 2.14. The number of fused-ring (bicyclic) bond motifs is 1. The summed E-state index contributed by atoms with van der Waals surface area (Å²) < 4.78 is 19.1. The van der Waals surface area contributed by atoms with Crippen molar-refractivity contribution in [1.82, 2.24) is 19.5 Å². The lowest BCUT2D eigenvalue weighted by Crippen LogP contribution is -2.32. The lowest BCUT2D eigenvalue weighted by Gasteiger charge is -2.16. The van der Waals surface area contributed by atoms with Gasteiger partial charge in [0.1, 0.15) is 25.0 Å². The van der Waals surface area contributed by atoms with E-state index in [2.05, 4.69) is 15.0 Å². The van der Waals surface area contributed by atoms with Crippen LogP contribution in [0.1, 0.15) is 6.23 Å². The first-order valence-corrected chi connectivity index (χ1v) is 5.61. The van der Waals surface area contributed by atoms with E-state index >= 15 is 0 Å². The van der Waals surface area contributed by atoms with E-state index in [0.717, 1.165) is 0 Å². The summed E-state index contributed by atoms with van der Waals surface area (Å²) >= 11 is 0. The number of aliphatic hydroxyl groups excluding tert-OH is 2. The molecule has 0 aliphatic carbocycles. The van der Waals surface area contributed by atoms with Gasteiger partial charge in [-0.05, 0) is 0 Å². The Balaban J connectivity index is 2.06. The smallest absolute Gasteiger partial charge is 0.278 e. The molecule has 1 aliphatic heterocycles. The molecule has 0 unspecified atom stereocenters. The van der Waals surface area contributed by atoms with Gasteiger partial charge < -0.3 is 19.9 Å². The van der Waals surface area contributed by atoms with Crippen LogP contribution in [0.3, 0.4) is 0 Å². The normalized spacial score (nSPS) is 31.1. The van der Waals surface area contributed by atoms with Crippen molar-refractivity contribution in [2.45, 2.75) is 24.5 Å². The summed E-state index contributed by atoms with van der Waals surface area (Å²) in [6, 6.07) is 0. The van der Waals surface area contributed by atoms with E-state index in [1.54, 1.807) is 0 Å². The van der Waals surface area contributed by atoms with Gasteiger partial charge in [0.15, 0.2) is 17.4 Å². The molecule has 0 bridgehead atoms. The van der Waals surface area contributed by atoms with Crippen LogP contribution < -0.4 is 5.56 Å². The third kappa shape index (κ3) is 1.74. The van der Waals surface area contributed by atoms with Gasteiger partial charge in [0.2, 0.25) is 0 Å². The molecule has 3 heterocycles. The number of imidazole rings is 1. The van der Waals surface area contributed by atoms with Crippen LogP contribution in [0.25, 0.3) is 11.2 Å². The van der Waals surface area contributed by atoms with Gasteiger partial charge in [-0.3, -0.25) is 9.36 Å². The minimum absolute atomic E-state index is 0.0801. The van der Waals surface area contributed by atoms with Gasteiger partial charge in [0.05, 0.1) is 12.7 Å². The predicted octanol–water partition coefficient (Wildman–Crippen LogP) is -1.29. The molecular formula is C10H11FN4O4. The highest BCUT2D eigenvalue weighted by Crippen LogP contribution is 2.30. The van der Waals surface area contributed by atoms with Gasteiger partial charge in [-0.15, -0.1) is 0 Å². The van der Waals surface area contributed by atoms with Crippen molar-refractivity contribution < 1.29 is 19.3 Å². The molecule has 1 aliphatic rings. The fraction of sp³-hybridized carbons (Fsp3) is 0.500. The van der Waals surface area contributed by atoms with Crippen molar-refractivity contribution in [3.05, 3.63) is 23.0 Å². The van der Waals surface area contributed by atoms with Crippen molar-refractivity contribution >= 4 is 11.2 Å². The number of nitrogens with zero attached hydrogens (tertiary/aromatic N) is 3. The van der Waals surface area contributed by atoms with Crippen LogP contribution >= 0.6 is 0 Å². The van der Waals surface area contributed by atoms with Crippen molar-refractivity contribution in [2.75, 3.05) is 6.67 Å². The van der Waals surface area contributed by atoms with Crippen LogP contribution in [-0.2, 0) is 4.74 Å². The maximum Gasteiger partial charge on any atom is 0.278 e. The third-order valence-corrected chi connectivity index (χ3v) is 3.13. The van der Waals surface area contributed by atoms with Crippen LogP contribution in [0.4, 0.5) is 4.39 Å². The quantitative estimate of drug-likeness (QED) is 0.625. The molecule has 0 radical (unpaired) electrons. The first kappa shape index (κ1) is 12.2. The Morgan fingerprint density at radius 1 is 1.42 bits per heavy atom. The van der Waals surface area contributed by atoms with Crippen molar-refractivity contribution in [3.8, 4) is 0 Å². The van der Waals surface area contributed by atoms with Gasteiger partial charge in [0, 0.05) is 0 Å². The zero-order chi connectivity index (χ0) is 13.6. The number of alkyl halides is 1. The molecule has 0 amide bonds. The largest absolute Gasteiger partial charge is 0.387 e. The van der Waals surface area contributed by atoms with Gasteiger partial charge in [-0.2, -0.15) is 0 Å². The molecule has 9 heteroatoms. The molecule has 3 N–H and O–H groups in total. The number of aromatic amines is 1. The molecule has 8 nitrogen and oxygen atoms in total. The summed E-state index contributed by atoms with van der Waals surface area (Å²) in [6.45, 7) is -0.921. The van der Waals surface area contributed by atoms with Crippen LogP contribution in [0.15, 0.2) is 17.4 Å². The Kier molecular flexibility index (Phi) is 2.81. The standard InChI is InChI=1S/C10H11FN4O4/c11-1-4-6(16)7(17)10(19-4)15-3-14-5-8(15)12-2-13-9(5)18/h2-4,6-7,10,16-17H,1H2,(H,12,13,18)/t4-,6+,7-,10-/m0/s1. The highest BCUT2D eigenvalue weighted by molar-refractivity contribution is 5.68. The molecule has 0 aromatic carbocycles. The monoisotopic (exact) mass is 270 g/mol. The van der Waals surface area contributed by atoms with Crippen LogP contribution in [-0.4, -0.2) is 54.7 Å². The number of hydrogen-bond donors (Lipinski definition) is 3. The molecule has 1 saturated heterocycles. The molecule has 3 rings (SSSR count). The number of H-pyrrole nitrogens is 1. The first-order chi connectivity index (χ1) is 9.13. The van der Waals surface area contributed by atoms with Gasteiger partial charge >= 0.3 is 0 Å². The lowest BCUT2D eigenvalue weighted by molar-refractivity contribution is -0.0409. The number of halogens is 1. The Bertz CT molecular complexity index is 656. The zero-order valence-electron chi connectivity index (χ0n) is 9.60. The fourth-order valence-corrected chi connectivity index (χ4v) is 2.14. The van der Waals surface area contributed by atoms with Crippen LogP contribution in [0.2, 0.25) is 0 Å². The summed E-state index contributed by atoms with van der Waals surface area (Å²) in [4.78, 5) is 21.7. The second-order valence-corrected chi connectivity index (χ2v) is 4.26. The number of hydrogen-bond acceptors (Lipinski definition) is 6. The van der Waals surface area contributed by atoms with E-state index in [4.69, 9.17) is 4.74 Å². The maximum absolute atomic E-state index is 12.6. The number of nitrogens with one attached hydrogen (secondary N) is 1. The zero-order valence-corrected chi connectivity index (χ0v) is 9.60. The van der Waals surface area contributed by atoms with E-state index in [9.17, 15) is 19.4 Å². The van der Waals surface area contributed by atoms with Gasteiger partial charge in [-0.25, -0.2) is 14.4 Å². The van der Waals surface area contributed by atoms with Crippen molar-refractivity contribution in [1.29, 1.82) is 0 Å². The number of ether oxygens (including phenoxy) is 1. The lowest BCUT2D eigenvalue weighted by atomic mass is 10.1. The first-order valence-electron chi connectivity index (χ1n) is 5.61. The van der Waals surface area contributed by atoms with E-state index < -0.39 is 36.8 Å². The molecule has 0 saturated carbocycles. The molecule has 2 aromatic rings. The summed E-state index contributed by atoms with van der Waals surface area (Å²) in [7, 11) is 0. The van der Waals surface area contributed by atoms with E-state index in [1.807, 2.05) is 0 Å². The van der Waals surface area contributed by atoms with Crippen LogP contribution in [0, 0.1) is 0 Å². The minimum Gasteiger partial charge on any atom is -0.387 e. The van der Waals surface area contributed by atoms with Gasteiger partial charge in [-0.1, -0.05) is 0 Å². The maximum atomic E-state index is 12.6. The highest BCUT2D eigenvalue weighted by Gasteiger charge is 2.44. The molecule has 102 valence electrons. The molecule has 2 aromatic heterocycles. The van der Waals surface area contributed by atoms with Crippen LogP contribution in [0.5, 0.6) is 0 Å². The topological polar surface area (TPSA) is 113 Å². The van der Waals surface area contributed by atoms with Gasteiger partial charge in [0.25, 0.3) is 5.56 Å². The van der Waals surface area contributed by atoms with Crippen molar-refractivity contribution in [2.24, 2.45) is 0 Å². The average molecular weight is 270 g/mol. The minimum atomic E-state index is -1.34. The average Bonchev–Trinajstić information content (AvgIpc) is 2.94.